The van der Waals surface area contributed by atoms with Crippen LogP contribution in [-0.2, 0) is 22.8 Å². The van der Waals surface area contributed by atoms with E-state index in [9.17, 15) is 9.59 Å². The molecule has 3 aromatic carbocycles. The van der Waals surface area contributed by atoms with Gasteiger partial charge in [0.25, 0.3) is 0 Å². The van der Waals surface area contributed by atoms with Crippen LogP contribution in [0, 0.1) is 5.41 Å². The van der Waals surface area contributed by atoms with Crippen molar-refractivity contribution >= 4 is 22.8 Å². The van der Waals surface area contributed by atoms with E-state index in [1.54, 1.807) is 0 Å². The van der Waals surface area contributed by atoms with Gasteiger partial charge in [0.2, 0.25) is 0 Å². The molecule has 0 fully saturated rings. The van der Waals surface area contributed by atoms with Crippen LogP contribution in [0.25, 0.3) is 22.2 Å². The van der Waals surface area contributed by atoms with Gasteiger partial charge in [0.1, 0.15) is 0 Å². The molecule has 40 heavy (non-hydrogen) atoms. The number of anilines is 1. The number of ether oxygens (including phenoxy) is 1. The van der Waals surface area contributed by atoms with Crippen LogP contribution in [0.2, 0.25) is 0 Å². The third-order valence-corrected chi connectivity index (χ3v) is 7.71. The normalized spacial score (nSPS) is 11.8. The second-order valence-electron chi connectivity index (χ2n) is 11.3. The predicted octanol–water partition coefficient (Wildman–Crippen LogP) is 6.55. The molecule has 1 heterocycles. The number of likely N-dealkylation sites (N-methyl/N-ethyl adjacent to an activating group) is 2. The van der Waals surface area contributed by atoms with Crippen LogP contribution in [0.4, 0.5) is 5.69 Å². The third-order valence-electron chi connectivity index (χ3n) is 7.71. The molecule has 0 spiro atoms. The minimum atomic E-state index is -0.534. The molecule has 0 amide bonds. The second kappa shape index (κ2) is 13.0. The Kier molecular flexibility index (Phi) is 9.48. The Morgan fingerprint density at radius 3 is 2.42 bits per heavy atom. The summed E-state index contributed by atoms with van der Waals surface area (Å²) in [5, 5.41) is 0. The molecule has 0 atom stereocenters. The number of oxazole rings is 1. The Labute approximate surface area is 237 Å². The van der Waals surface area contributed by atoms with Crippen LogP contribution in [0.3, 0.4) is 0 Å². The van der Waals surface area contributed by atoms with Crippen LogP contribution < -0.4 is 10.7 Å². The molecule has 0 saturated carbocycles. The Morgan fingerprint density at radius 2 is 1.68 bits per heavy atom. The zero-order valence-electron chi connectivity index (χ0n) is 24.4. The van der Waals surface area contributed by atoms with Crippen LogP contribution >= 0.6 is 0 Å². The van der Waals surface area contributed by atoms with Crippen molar-refractivity contribution < 1.29 is 13.9 Å². The van der Waals surface area contributed by atoms with Gasteiger partial charge in [-0.3, -0.25) is 4.79 Å². The highest BCUT2D eigenvalue weighted by atomic mass is 16.5. The molecule has 1 aromatic heterocycles. The van der Waals surface area contributed by atoms with Gasteiger partial charge in [-0.1, -0.05) is 81.8 Å². The summed E-state index contributed by atoms with van der Waals surface area (Å²) in [4.78, 5) is 29.3. The van der Waals surface area contributed by atoms with Gasteiger partial charge in [-0.15, -0.1) is 0 Å². The number of hydrogen-bond donors (Lipinski definition) is 0. The van der Waals surface area contributed by atoms with E-state index >= 15 is 0 Å². The number of para-hydroxylation sites is 1. The number of nitrogens with zero attached hydrogens (tertiary/aromatic N) is 3. The summed E-state index contributed by atoms with van der Waals surface area (Å²) in [5.41, 5.74) is 5.69. The summed E-state index contributed by atoms with van der Waals surface area (Å²) >= 11 is 0. The summed E-state index contributed by atoms with van der Waals surface area (Å²) in [6.45, 7) is 8.60. The fourth-order valence-corrected chi connectivity index (χ4v) is 4.63. The van der Waals surface area contributed by atoms with Crippen LogP contribution in [0.15, 0.2) is 82.0 Å². The Morgan fingerprint density at radius 1 is 0.950 bits per heavy atom. The topological polar surface area (TPSA) is 67.9 Å². The number of hydrogen-bond acceptors (Lipinski definition) is 6. The number of carbonyl (C=O) groups excluding carboxylic acids is 1. The molecule has 212 valence electrons. The minimum Gasteiger partial charge on any atom is -0.444 e. The Hall–Kier alpha value is -3.84. The first-order chi connectivity index (χ1) is 19.2. The van der Waals surface area contributed by atoms with Gasteiger partial charge in [-0.2, -0.15) is 0 Å². The van der Waals surface area contributed by atoms with Gasteiger partial charge in [0, 0.05) is 33.1 Å². The quantitative estimate of drug-likeness (QED) is 0.178. The maximum Gasteiger partial charge on any atom is 0.422 e. The average Bonchev–Trinajstić information content (AvgIpc) is 3.29. The lowest BCUT2D eigenvalue weighted by Gasteiger charge is -2.24. The van der Waals surface area contributed by atoms with Gasteiger partial charge in [-0.05, 0) is 53.8 Å². The number of fused-ring (bicyclic) bond motifs is 1. The Bertz CT molecular complexity index is 1470. The van der Waals surface area contributed by atoms with E-state index in [0.717, 1.165) is 38.2 Å². The molecule has 0 aliphatic rings. The van der Waals surface area contributed by atoms with Crippen LogP contribution in [0.1, 0.15) is 45.6 Å². The first-order valence-corrected chi connectivity index (χ1v) is 14.0. The molecule has 0 aliphatic carbocycles. The van der Waals surface area contributed by atoms with Crippen molar-refractivity contribution in [2.45, 2.75) is 53.3 Å². The molecular weight excluding hydrogens is 502 g/mol. The van der Waals surface area contributed by atoms with Crippen molar-refractivity contribution in [1.29, 1.82) is 0 Å². The molecule has 0 bridgehead atoms. The molecule has 0 unspecified atom stereocenters. The maximum atomic E-state index is 12.7. The molecule has 0 radical (unpaired) electrons. The molecule has 7 heteroatoms. The van der Waals surface area contributed by atoms with Crippen molar-refractivity contribution in [3.63, 3.8) is 0 Å². The van der Waals surface area contributed by atoms with Crippen LogP contribution in [0.5, 0.6) is 0 Å². The van der Waals surface area contributed by atoms with E-state index < -0.39 is 5.76 Å². The first-order valence-electron chi connectivity index (χ1n) is 14.0. The lowest BCUT2D eigenvalue weighted by atomic mass is 9.85. The van der Waals surface area contributed by atoms with E-state index in [2.05, 4.69) is 86.1 Å². The van der Waals surface area contributed by atoms with Gasteiger partial charge >= 0.3 is 11.7 Å². The molecule has 0 aliphatic heterocycles. The highest BCUT2D eigenvalue weighted by Gasteiger charge is 2.19. The Balaban J connectivity index is 1.37. The second-order valence-corrected chi connectivity index (χ2v) is 11.3. The van der Waals surface area contributed by atoms with Gasteiger partial charge in [-0.25, -0.2) is 9.36 Å². The van der Waals surface area contributed by atoms with E-state index in [-0.39, 0.29) is 18.1 Å². The SMILES string of the molecule is CCC(C)(C)CCC(=O)OCn1c(=O)oc2c(N(C)CCN(C)Cc3cccc(-c4ccccc4)c3)cccc21. The largest absolute Gasteiger partial charge is 0.444 e. The van der Waals surface area contributed by atoms with Gasteiger partial charge in [0.05, 0.1) is 11.2 Å². The lowest BCUT2D eigenvalue weighted by Crippen LogP contribution is -2.30. The summed E-state index contributed by atoms with van der Waals surface area (Å²) in [6, 6.07) is 24.7. The average molecular weight is 544 g/mol. The van der Waals surface area contributed by atoms with Crippen molar-refractivity contribution in [3.05, 3.63) is 88.9 Å². The fourth-order valence-electron chi connectivity index (χ4n) is 4.63. The maximum absolute atomic E-state index is 12.7. The van der Waals surface area contributed by atoms with E-state index in [1.807, 2.05) is 31.3 Å². The molecule has 4 rings (SSSR count). The van der Waals surface area contributed by atoms with Crippen molar-refractivity contribution in [2.24, 2.45) is 5.41 Å². The highest BCUT2D eigenvalue weighted by Crippen LogP contribution is 2.27. The summed E-state index contributed by atoms with van der Waals surface area (Å²) in [6.07, 6.45) is 2.05. The van der Waals surface area contributed by atoms with Crippen molar-refractivity contribution in [3.8, 4) is 11.1 Å². The third kappa shape index (κ3) is 7.42. The van der Waals surface area contributed by atoms with Gasteiger partial charge < -0.3 is 19.0 Å². The smallest absolute Gasteiger partial charge is 0.422 e. The highest BCUT2D eigenvalue weighted by molar-refractivity contribution is 5.87. The van der Waals surface area contributed by atoms with Gasteiger partial charge in [0.15, 0.2) is 12.3 Å². The zero-order chi connectivity index (χ0) is 28.7. The number of carbonyl (C=O) groups is 1. The first kappa shape index (κ1) is 29.2. The van der Waals surface area contributed by atoms with Crippen LogP contribution in [-0.4, -0.2) is 42.6 Å². The molecule has 7 nitrogen and oxygen atoms in total. The molecular formula is C33H41N3O4. The number of esters is 1. The van der Waals surface area contributed by atoms with Crippen molar-refractivity contribution in [1.82, 2.24) is 9.47 Å². The van der Waals surface area contributed by atoms with E-state index in [4.69, 9.17) is 9.15 Å². The minimum absolute atomic E-state index is 0.0813. The monoisotopic (exact) mass is 543 g/mol. The van der Waals surface area contributed by atoms with E-state index in [1.165, 1.54) is 21.3 Å². The molecule has 4 aromatic rings. The van der Waals surface area contributed by atoms with E-state index in [0.29, 0.717) is 17.5 Å². The number of rotatable bonds is 13. The standard InChI is InChI=1S/C33H41N3O4/c1-6-33(2,3)19-18-30(37)39-24-36-29-17-11-16-28(31(29)40-32(36)38)35(5)21-20-34(4)23-25-12-10-15-27(22-25)26-13-8-7-9-14-26/h7-17,22H,6,18-21,23-24H2,1-5H3. The summed E-state index contributed by atoms with van der Waals surface area (Å²) in [5.74, 6) is -0.846. The molecule has 0 saturated heterocycles. The predicted molar refractivity (Wildman–Crippen MR) is 161 cm³/mol. The zero-order valence-corrected chi connectivity index (χ0v) is 24.4. The lowest BCUT2D eigenvalue weighted by molar-refractivity contribution is -0.148. The fraction of sp³-hybridized carbons (Fsp3) is 0.394. The number of aromatic nitrogens is 1. The van der Waals surface area contributed by atoms with Crippen molar-refractivity contribution in [2.75, 3.05) is 32.1 Å². The summed E-state index contributed by atoms with van der Waals surface area (Å²) in [7, 11) is 4.10. The number of benzene rings is 3. The summed E-state index contributed by atoms with van der Waals surface area (Å²) < 4.78 is 12.4. The molecule has 0 N–H and O–H groups in total.